The summed E-state index contributed by atoms with van der Waals surface area (Å²) in [5, 5.41) is 2.93. The molecule has 0 aromatic heterocycles. The molecule has 1 amide bonds. The maximum Gasteiger partial charge on any atom is 0.235 e. The van der Waals surface area contributed by atoms with Gasteiger partial charge < -0.3 is 10.1 Å². The molecule has 1 aliphatic heterocycles. The minimum absolute atomic E-state index is 0.00249. The van der Waals surface area contributed by atoms with E-state index in [1.54, 1.807) is 0 Å². The maximum atomic E-state index is 11.4. The second-order valence-electron chi connectivity index (χ2n) is 4.39. The topological polar surface area (TPSA) is 38.3 Å². The van der Waals surface area contributed by atoms with Crippen molar-refractivity contribution in [2.75, 3.05) is 12.5 Å². The van der Waals surface area contributed by atoms with Crippen LogP contribution in [0.3, 0.4) is 0 Å². The minimum Gasteiger partial charge on any atom is -0.493 e. The largest absolute Gasteiger partial charge is 0.493 e. The number of carbonyl (C=O) groups is 1. The molecule has 3 nitrogen and oxygen atoms in total. The van der Waals surface area contributed by atoms with Crippen molar-refractivity contribution in [3.8, 4) is 5.75 Å². The molecule has 1 aromatic carbocycles. The number of rotatable bonds is 2. The van der Waals surface area contributed by atoms with Gasteiger partial charge in [0.15, 0.2) is 0 Å². The fourth-order valence-corrected chi connectivity index (χ4v) is 2.34. The van der Waals surface area contributed by atoms with E-state index in [9.17, 15) is 4.79 Å². The number of halogens is 1. The first-order chi connectivity index (χ1) is 8.11. The van der Waals surface area contributed by atoms with Gasteiger partial charge in [-0.15, -0.1) is 11.6 Å². The number of aryl methyl sites for hydroxylation is 2. The first kappa shape index (κ1) is 12.2. The molecule has 0 aliphatic carbocycles. The SMILES string of the molecule is Cc1cc(C)c2c(c1)[C@H](NC(=O)CCl)CCO2. The Morgan fingerprint density at radius 3 is 3.00 bits per heavy atom. The van der Waals surface area contributed by atoms with Crippen LogP contribution >= 0.6 is 11.6 Å². The van der Waals surface area contributed by atoms with E-state index in [1.807, 2.05) is 13.8 Å². The molecule has 1 atom stereocenters. The average molecular weight is 254 g/mol. The third-order valence-electron chi connectivity index (χ3n) is 2.93. The fourth-order valence-electron chi connectivity index (χ4n) is 2.26. The zero-order chi connectivity index (χ0) is 12.4. The smallest absolute Gasteiger partial charge is 0.235 e. The van der Waals surface area contributed by atoms with Crippen LogP contribution in [-0.4, -0.2) is 18.4 Å². The number of hydrogen-bond acceptors (Lipinski definition) is 2. The Hall–Kier alpha value is -1.22. The van der Waals surface area contributed by atoms with Crippen molar-refractivity contribution < 1.29 is 9.53 Å². The molecule has 17 heavy (non-hydrogen) atoms. The van der Waals surface area contributed by atoms with Crippen LogP contribution in [-0.2, 0) is 4.79 Å². The first-order valence-electron chi connectivity index (χ1n) is 5.71. The molecule has 0 bridgehead atoms. The number of ether oxygens (including phenoxy) is 1. The van der Waals surface area contributed by atoms with E-state index in [4.69, 9.17) is 16.3 Å². The summed E-state index contributed by atoms with van der Waals surface area (Å²) in [5.74, 6) is 0.766. The lowest BCUT2D eigenvalue weighted by Crippen LogP contribution is -2.33. The second-order valence-corrected chi connectivity index (χ2v) is 4.66. The van der Waals surface area contributed by atoms with Gasteiger partial charge in [-0.3, -0.25) is 4.79 Å². The molecular weight excluding hydrogens is 238 g/mol. The van der Waals surface area contributed by atoms with E-state index >= 15 is 0 Å². The van der Waals surface area contributed by atoms with E-state index in [0.717, 1.165) is 23.3 Å². The van der Waals surface area contributed by atoms with Gasteiger partial charge in [-0.1, -0.05) is 17.7 Å². The highest BCUT2D eigenvalue weighted by Gasteiger charge is 2.24. The van der Waals surface area contributed by atoms with E-state index in [2.05, 4.69) is 17.4 Å². The molecule has 0 saturated heterocycles. The van der Waals surface area contributed by atoms with Crippen molar-refractivity contribution in [1.82, 2.24) is 5.32 Å². The number of alkyl halides is 1. The lowest BCUT2D eigenvalue weighted by Gasteiger charge is -2.28. The van der Waals surface area contributed by atoms with Crippen LogP contribution in [0.2, 0.25) is 0 Å². The van der Waals surface area contributed by atoms with Crippen LogP contribution < -0.4 is 10.1 Å². The highest BCUT2D eigenvalue weighted by Crippen LogP contribution is 2.35. The number of amides is 1. The zero-order valence-electron chi connectivity index (χ0n) is 10.0. The van der Waals surface area contributed by atoms with Crippen LogP contribution in [0.4, 0.5) is 0 Å². The van der Waals surface area contributed by atoms with Crippen LogP contribution in [0.15, 0.2) is 12.1 Å². The van der Waals surface area contributed by atoms with E-state index < -0.39 is 0 Å². The summed E-state index contributed by atoms with van der Waals surface area (Å²) in [6.07, 6.45) is 0.790. The lowest BCUT2D eigenvalue weighted by atomic mass is 9.96. The average Bonchev–Trinajstić information content (AvgIpc) is 2.30. The summed E-state index contributed by atoms with van der Waals surface area (Å²) in [5.41, 5.74) is 3.36. The van der Waals surface area contributed by atoms with Crippen molar-refractivity contribution >= 4 is 17.5 Å². The van der Waals surface area contributed by atoms with Crippen LogP contribution in [0.5, 0.6) is 5.75 Å². The van der Waals surface area contributed by atoms with Crippen LogP contribution in [0, 0.1) is 13.8 Å². The Bertz CT molecular complexity index is 445. The summed E-state index contributed by atoms with van der Waals surface area (Å²) in [7, 11) is 0. The molecule has 1 aromatic rings. The summed E-state index contributed by atoms with van der Waals surface area (Å²) in [4.78, 5) is 11.4. The van der Waals surface area contributed by atoms with Crippen molar-refractivity contribution in [1.29, 1.82) is 0 Å². The highest BCUT2D eigenvalue weighted by atomic mass is 35.5. The molecule has 1 heterocycles. The lowest BCUT2D eigenvalue weighted by molar-refractivity contribution is -0.119. The Kier molecular flexibility index (Phi) is 3.57. The Morgan fingerprint density at radius 2 is 2.29 bits per heavy atom. The van der Waals surface area contributed by atoms with Crippen LogP contribution in [0.25, 0.3) is 0 Å². The molecule has 4 heteroatoms. The fraction of sp³-hybridized carbons (Fsp3) is 0.462. The number of hydrogen-bond donors (Lipinski definition) is 1. The van der Waals surface area contributed by atoms with Gasteiger partial charge in [-0.2, -0.15) is 0 Å². The number of benzene rings is 1. The molecule has 0 radical (unpaired) electrons. The van der Waals surface area contributed by atoms with Crippen molar-refractivity contribution in [2.24, 2.45) is 0 Å². The van der Waals surface area contributed by atoms with Crippen LogP contribution in [0.1, 0.15) is 29.2 Å². The van der Waals surface area contributed by atoms with Gasteiger partial charge >= 0.3 is 0 Å². The molecule has 2 rings (SSSR count). The normalized spacial score (nSPS) is 18.2. The maximum absolute atomic E-state index is 11.4. The molecule has 0 spiro atoms. The van der Waals surface area contributed by atoms with Gasteiger partial charge in [0, 0.05) is 12.0 Å². The summed E-state index contributed by atoms with van der Waals surface area (Å²) in [6, 6.07) is 4.18. The predicted octanol–water partition coefficient (Wildman–Crippen LogP) is 2.48. The Morgan fingerprint density at radius 1 is 1.53 bits per heavy atom. The zero-order valence-corrected chi connectivity index (χ0v) is 10.8. The van der Waals surface area contributed by atoms with Crippen molar-refractivity contribution in [3.63, 3.8) is 0 Å². The molecule has 0 saturated carbocycles. The second kappa shape index (κ2) is 4.96. The summed E-state index contributed by atoms with van der Waals surface area (Å²) < 4.78 is 5.67. The molecule has 1 N–H and O–H groups in total. The van der Waals surface area contributed by atoms with Crippen molar-refractivity contribution in [3.05, 3.63) is 28.8 Å². The monoisotopic (exact) mass is 253 g/mol. The Labute approximate surface area is 106 Å². The van der Waals surface area contributed by atoms with E-state index in [-0.39, 0.29) is 17.8 Å². The number of nitrogens with one attached hydrogen (secondary N) is 1. The summed E-state index contributed by atoms with van der Waals surface area (Å²) >= 11 is 5.52. The first-order valence-corrected chi connectivity index (χ1v) is 6.24. The van der Waals surface area contributed by atoms with E-state index in [1.165, 1.54) is 5.56 Å². The molecular formula is C13H16ClNO2. The number of carbonyl (C=O) groups excluding carboxylic acids is 1. The van der Waals surface area contributed by atoms with Gasteiger partial charge in [0.25, 0.3) is 0 Å². The molecule has 1 aliphatic rings. The third-order valence-corrected chi connectivity index (χ3v) is 3.18. The van der Waals surface area contributed by atoms with E-state index in [0.29, 0.717) is 6.61 Å². The van der Waals surface area contributed by atoms with Gasteiger partial charge in [-0.05, 0) is 19.4 Å². The minimum atomic E-state index is -0.135. The highest BCUT2D eigenvalue weighted by molar-refractivity contribution is 6.27. The number of fused-ring (bicyclic) bond motifs is 1. The molecule has 0 fully saturated rings. The third kappa shape index (κ3) is 2.55. The van der Waals surface area contributed by atoms with Gasteiger partial charge in [0.2, 0.25) is 5.91 Å². The quantitative estimate of drug-likeness (QED) is 0.823. The molecule has 92 valence electrons. The van der Waals surface area contributed by atoms with Gasteiger partial charge in [-0.25, -0.2) is 0 Å². The van der Waals surface area contributed by atoms with Gasteiger partial charge in [0.05, 0.1) is 12.6 Å². The summed E-state index contributed by atoms with van der Waals surface area (Å²) in [6.45, 7) is 4.70. The predicted molar refractivity (Wildman–Crippen MR) is 67.6 cm³/mol. The Balaban J connectivity index is 2.33. The van der Waals surface area contributed by atoms with Gasteiger partial charge in [0.1, 0.15) is 11.6 Å². The van der Waals surface area contributed by atoms with Crippen molar-refractivity contribution in [2.45, 2.75) is 26.3 Å². The molecule has 0 unspecified atom stereocenters. The standard InChI is InChI=1S/C13H16ClNO2/c1-8-5-9(2)13-10(6-8)11(3-4-17-13)15-12(16)7-14/h5-6,11H,3-4,7H2,1-2H3,(H,15,16)/t11-/m1/s1.